The van der Waals surface area contributed by atoms with Crippen molar-refractivity contribution < 1.29 is 4.79 Å². The molecule has 0 spiro atoms. The summed E-state index contributed by atoms with van der Waals surface area (Å²) >= 11 is 0. The van der Waals surface area contributed by atoms with Crippen LogP contribution in [-0.2, 0) is 0 Å². The zero-order chi connectivity index (χ0) is 12.4. The highest BCUT2D eigenvalue weighted by Crippen LogP contribution is 2.19. The number of aromatic nitrogens is 1. The maximum atomic E-state index is 12.1. The van der Waals surface area contributed by atoms with E-state index in [1.807, 2.05) is 51.1 Å². The first-order chi connectivity index (χ1) is 8.08. The van der Waals surface area contributed by atoms with Crippen molar-refractivity contribution in [1.82, 2.24) is 4.98 Å². The Morgan fingerprint density at radius 3 is 2.65 bits per heavy atom. The minimum absolute atomic E-state index is 0.0479. The molecule has 0 saturated carbocycles. The predicted molar refractivity (Wildman–Crippen MR) is 70.2 cm³/mol. The number of hydrogen-bond acceptors (Lipinski definition) is 2. The Labute approximate surface area is 101 Å². The van der Waals surface area contributed by atoms with Gasteiger partial charge in [0, 0.05) is 16.6 Å². The smallest absolute Gasteiger partial charge is 0.186 e. The lowest BCUT2D eigenvalue weighted by atomic mass is 10.0. The Balaban J connectivity index is 2.68. The van der Waals surface area contributed by atoms with E-state index in [1.165, 1.54) is 0 Å². The standard InChI is InChI=1S/C15H15NO/c1-10(2)8-15(17)13-9-11(3)16-14-7-5-4-6-12(13)14/h4-9H,1-3H3. The van der Waals surface area contributed by atoms with Crippen LogP contribution in [0.4, 0.5) is 0 Å². The van der Waals surface area contributed by atoms with Crippen LogP contribution in [0.3, 0.4) is 0 Å². The van der Waals surface area contributed by atoms with E-state index in [0.717, 1.165) is 27.7 Å². The normalized spacial score (nSPS) is 10.3. The first-order valence-electron chi connectivity index (χ1n) is 5.63. The highest BCUT2D eigenvalue weighted by atomic mass is 16.1. The van der Waals surface area contributed by atoms with Crippen LogP contribution in [0.2, 0.25) is 0 Å². The van der Waals surface area contributed by atoms with E-state index in [-0.39, 0.29) is 5.78 Å². The van der Waals surface area contributed by atoms with Crippen LogP contribution in [0.1, 0.15) is 29.9 Å². The quantitative estimate of drug-likeness (QED) is 0.576. The molecule has 0 bridgehead atoms. The molecule has 1 aromatic heterocycles. The molecule has 0 saturated heterocycles. The van der Waals surface area contributed by atoms with Gasteiger partial charge >= 0.3 is 0 Å². The summed E-state index contributed by atoms with van der Waals surface area (Å²) in [6, 6.07) is 9.59. The van der Waals surface area contributed by atoms with Gasteiger partial charge in [0.1, 0.15) is 0 Å². The number of para-hydroxylation sites is 1. The Morgan fingerprint density at radius 1 is 1.24 bits per heavy atom. The molecule has 2 nitrogen and oxygen atoms in total. The minimum Gasteiger partial charge on any atom is -0.289 e. The van der Waals surface area contributed by atoms with Gasteiger partial charge in [-0.2, -0.15) is 0 Å². The van der Waals surface area contributed by atoms with Crippen molar-refractivity contribution in [2.45, 2.75) is 20.8 Å². The lowest BCUT2D eigenvalue weighted by molar-refractivity contribution is 0.104. The second kappa shape index (κ2) is 4.50. The van der Waals surface area contributed by atoms with E-state index >= 15 is 0 Å². The van der Waals surface area contributed by atoms with Gasteiger partial charge in [-0.05, 0) is 39.0 Å². The molecule has 17 heavy (non-hydrogen) atoms. The summed E-state index contributed by atoms with van der Waals surface area (Å²) in [6.07, 6.45) is 1.67. The van der Waals surface area contributed by atoms with Crippen LogP contribution in [0.25, 0.3) is 10.9 Å². The van der Waals surface area contributed by atoms with Gasteiger partial charge in [-0.25, -0.2) is 0 Å². The molecule has 0 aliphatic carbocycles. The summed E-state index contributed by atoms with van der Waals surface area (Å²) in [5.41, 5.74) is 3.48. The van der Waals surface area contributed by atoms with E-state index < -0.39 is 0 Å². The maximum Gasteiger partial charge on any atom is 0.186 e. The van der Waals surface area contributed by atoms with Gasteiger partial charge in [-0.3, -0.25) is 9.78 Å². The molecule has 0 aliphatic heterocycles. The fraction of sp³-hybridized carbons (Fsp3) is 0.200. The SMILES string of the molecule is CC(C)=CC(=O)c1cc(C)nc2ccccc12. The van der Waals surface area contributed by atoms with E-state index in [1.54, 1.807) is 6.08 Å². The molecule has 0 amide bonds. The molecule has 0 unspecified atom stereocenters. The molecule has 1 aromatic carbocycles. The van der Waals surface area contributed by atoms with Gasteiger partial charge in [-0.15, -0.1) is 0 Å². The average Bonchev–Trinajstić information content (AvgIpc) is 2.26. The molecule has 86 valence electrons. The number of fused-ring (bicyclic) bond motifs is 1. The van der Waals surface area contributed by atoms with Crippen molar-refractivity contribution in [3.8, 4) is 0 Å². The third kappa shape index (κ3) is 2.41. The molecular weight excluding hydrogens is 210 g/mol. The molecule has 2 aromatic rings. The maximum absolute atomic E-state index is 12.1. The van der Waals surface area contributed by atoms with Gasteiger partial charge in [0.15, 0.2) is 5.78 Å². The summed E-state index contributed by atoms with van der Waals surface area (Å²) in [5, 5.41) is 0.917. The average molecular weight is 225 g/mol. The topological polar surface area (TPSA) is 30.0 Å². The van der Waals surface area contributed by atoms with E-state index in [2.05, 4.69) is 4.98 Å². The number of hydrogen-bond donors (Lipinski definition) is 0. The highest BCUT2D eigenvalue weighted by Gasteiger charge is 2.09. The van der Waals surface area contributed by atoms with Gasteiger partial charge in [-0.1, -0.05) is 23.8 Å². The molecule has 2 rings (SSSR count). The molecule has 0 fully saturated rings. The van der Waals surface area contributed by atoms with Gasteiger partial charge < -0.3 is 0 Å². The molecule has 1 heterocycles. The molecule has 0 N–H and O–H groups in total. The number of allylic oxidation sites excluding steroid dienone is 2. The Kier molecular flexibility index (Phi) is 3.05. The minimum atomic E-state index is 0.0479. The number of aryl methyl sites for hydroxylation is 1. The number of benzene rings is 1. The number of rotatable bonds is 2. The molecule has 2 heteroatoms. The second-order valence-corrected chi connectivity index (χ2v) is 4.41. The predicted octanol–water partition coefficient (Wildman–Crippen LogP) is 3.69. The lowest BCUT2D eigenvalue weighted by Gasteiger charge is -2.05. The summed E-state index contributed by atoms with van der Waals surface area (Å²) < 4.78 is 0. The molecule has 0 radical (unpaired) electrons. The zero-order valence-corrected chi connectivity index (χ0v) is 10.3. The van der Waals surface area contributed by atoms with Gasteiger partial charge in [0.05, 0.1) is 5.52 Å². The Morgan fingerprint density at radius 2 is 1.94 bits per heavy atom. The largest absolute Gasteiger partial charge is 0.289 e. The van der Waals surface area contributed by atoms with Crippen molar-refractivity contribution in [2.75, 3.05) is 0 Å². The summed E-state index contributed by atoms with van der Waals surface area (Å²) in [5.74, 6) is 0.0479. The third-order valence-electron chi connectivity index (χ3n) is 2.53. The van der Waals surface area contributed by atoms with Crippen molar-refractivity contribution >= 4 is 16.7 Å². The number of carbonyl (C=O) groups is 1. The van der Waals surface area contributed by atoms with Gasteiger partial charge in [0.25, 0.3) is 0 Å². The van der Waals surface area contributed by atoms with Crippen molar-refractivity contribution in [3.63, 3.8) is 0 Å². The van der Waals surface area contributed by atoms with Crippen LogP contribution in [0, 0.1) is 6.92 Å². The Bertz CT molecular complexity index is 607. The number of ketones is 1. The van der Waals surface area contributed by atoms with Crippen molar-refractivity contribution in [1.29, 1.82) is 0 Å². The fourth-order valence-corrected chi connectivity index (χ4v) is 1.85. The zero-order valence-electron chi connectivity index (χ0n) is 10.3. The fourth-order valence-electron chi connectivity index (χ4n) is 1.85. The second-order valence-electron chi connectivity index (χ2n) is 4.41. The number of pyridine rings is 1. The van der Waals surface area contributed by atoms with Crippen LogP contribution >= 0.6 is 0 Å². The monoisotopic (exact) mass is 225 g/mol. The molecule has 0 atom stereocenters. The van der Waals surface area contributed by atoms with E-state index in [0.29, 0.717) is 0 Å². The summed E-state index contributed by atoms with van der Waals surface area (Å²) in [6.45, 7) is 5.76. The lowest BCUT2D eigenvalue weighted by Crippen LogP contribution is -1.99. The summed E-state index contributed by atoms with van der Waals surface area (Å²) in [7, 11) is 0. The van der Waals surface area contributed by atoms with Crippen LogP contribution in [0.5, 0.6) is 0 Å². The van der Waals surface area contributed by atoms with Crippen LogP contribution in [-0.4, -0.2) is 10.8 Å². The number of carbonyl (C=O) groups excluding carboxylic acids is 1. The van der Waals surface area contributed by atoms with Gasteiger partial charge in [0.2, 0.25) is 0 Å². The first kappa shape index (κ1) is 11.5. The van der Waals surface area contributed by atoms with Crippen molar-refractivity contribution in [3.05, 3.63) is 53.2 Å². The summed E-state index contributed by atoms with van der Waals surface area (Å²) in [4.78, 5) is 16.5. The third-order valence-corrected chi connectivity index (χ3v) is 2.53. The highest BCUT2D eigenvalue weighted by molar-refractivity contribution is 6.13. The van der Waals surface area contributed by atoms with Crippen molar-refractivity contribution in [2.24, 2.45) is 0 Å². The Hall–Kier alpha value is -1.96. The first-order valence-corrected chi connectivity index (χ1v) is 5.63. The van der Waals surface area contributed by atoms with E-state index in [9.17, 15) is 4.79 Å². The van der Waals surface area contributed by atoms with Crippen LogP contribution in [0.15, 0.2) is 42.0 Å². The molecule has 0 aliphatic rings. The molecular formula is C15H15NO. The van der Waals surface area contributed by atoms with Crippen LogP contribution < -0.4 is 0 Å². The number of nitrogens with zero attached hydrogens (tertiary/aromatic N) is 1. The van der Waals surface area contributed by atoms with E-state index in [4.69, 9.17) is 0 Å².